The Morgan fingerprint density at radius 1 is 1.14 bits per heavy atom. The molecule has 2 aromatic carbocycles. The standard InChI is InChI=1S/C18H17N3O6S/c1-11-8-12-9-15(17(27-3)10-16(12)20(2)18(11)22)19-28(25,26)14-6-4-13(5-7-14)21(23)24/h4-10,19H,1-3H3. The molecule has 0 unspecified atom stereocenters. The highest BCUT2D eigenvalue weighted by atomic mass is 32.2. The molecular weight excluding hydrogens is 386 g/mol. The van der Waals surface area contributed by atoms with E-state index in [4.69, 9.17) is 4.74 Å². The molecule has 0 spiro atoms. The van der Waals surface area contributed by atoms with Crippen molar-refractivity contribution in [2.75, 3.05) is 11.8 Å². The molecule has 0 atom stereocenters. The number of rotatable bonds is 5. The molecule has 28 heavy (non-hydrogen) atoms. The molecule has 1 N–H and O–H groups in total. The van der Waals surface area contributed by atoms with E-state index in [1.54, 1.807) is 32.2 Å². The van der Waals surface area contributed by atoms with Gasteiger partial charge < -0.3 is 9.30 Å². The highest BCUT2D eigenvalue weighted by molar-refractivity contribution is 7.92. The van der Waals surface area contributed by atoms with Crippen LogP contribution in [0.3, 0.4) is 0 Å². The highest BCUT2D eigenvalue weighted by Gasteiger charge is 2.19. The number of pyridine rings is 1. The lowest BCUT2D eigenvalue weighted by atomic mass is 10.1. The summed E-state index contributed by atoms with van der Waals surface area (Å²) in [5.74, 6) is 0.233. The molecule has 0 saturated heterocycles. The zero-order chi connectivity index (χ0) is 20.6. The second kappa shape index (κ2) is 6.97. The van der Waals surface area contributed by atoms with E-state index in [9.17, 15) is 23.3 Å². The van der Waals surface area contributed by atoms with Crippen LogP contribution in [0.4, 0.5) is 11.4 Å². The maximum absolute atomic E-state index is 12.7. The third-order valence-electron chi connectivity index (χ3n) is 4.33. The fourth-order valence-electron chi connectivity index (χ4n) is 2.86. The smallest absolute Gasteiger partial charge is 0.269 e. The van der Waals surface area contributed by atoms with Crippen LogP contribution in [0.25, 0.3) is 10.9 Å². The number of anilines is 1. The minimum atomic E-state index is -4.01. The van der Waals surface area contributed by atoms with Crippen LogP contribution < -0.4 is 15.0 Å². The van der Waals surface area contributed by atoms with Gasteiger partial charge >= 0.3 is 0 Å². The first kappa shape index (κ1) is 19.4. The zero-order valence-corrected chi connectivity index (χ0v) is 16.1. The number of hydrogen-bond acceptors (Lipinski definition) is 6. The molecule has 0 aliphatic heterocycles. The van der Waals surface area contributed by atoms with E-state index in [1.165, 1.54) is 11.7 Å². The lowest BCUT2D eigenvalue weighted by Gasteiger charge is -2.15. The third kappa shape index (κ3) is 3.41. The van der Waals surface area contributed by atoms with Crippen molar-refractivity contribution < 1.29 is 18.1 Å². The van der Waals surface area contributed by atoms with Gasteiger partial charge in [0.05, 0.1) is 28.1 Å². The van der Waals surface area contributed by atoms with E-state index in [-0.39, 0.29) is 27.6 Å². The van der Waals surface area contributed by atoms with Crippen LogP contribution in [-0.4, -0.2) is 25.0 Å². The van der Waals surface area contributed by atoms with Crippen molar-refractivity contribution in [2.45, 2.75) is 11.8 Å². The van der Waals surface area contributed by atoms with Gasteiger partial charge in [0.15, 0.2) is 0 Å². The SMILES string of the molecule is COc1cc2c(cc1NS(=O)(=O)c1ccc([N+](=O)[O-])cc1)cc(C)c(=O)n2C. The molecule has 0 amide bonds. The van der Waals surface area contributed by atoms with Gasteiger partial charge in [-0.3, -0.25) is 19.6 Å². The van der Waals surface area contributed by atoms with Crippen LogP contribution in [0.2, 0.25) is 0 Å². The number of benzene rings is 2. The molecule has 0 aliphatic rings. The van der Waals surface area contributed by atoms with Crippen LogP contribution in [0.5, 0.6) is 5.75 Å². The molecule has 3 rings (SSSR count). The summed E-state index contributed by atoms with van der Waals surface area (Å²) in [6, 6.07) is 9.36. The number of nitro groups is 1. The Kier molecular flexibility index (Phi) is 4.82. The van der Waals surface area contributed by atoms with Crippen molar-refractivity contribution in [2.24, 2.45) is 7.05 Å². The van der Waals surface area contributed by atoms with E-state index >= 15 is 0 Å². The Labute approximate surface area is 160 Å². The first-order valence-corrected chi connectivity index (χ1v) is 9.58. The fraction of sp³-hybridized carbons (Fsp3) is 0.167. The Morgan fingerprint density at radius 3 is 2.36 bits per heavy atom. The van der Waals surface area contributed by atoms with Crippen molar-refractivity contribution >= 4 is 32.3 Å². The molecule has 1 heterocycles. The first-order chi connectivity index (χ1) is 13.1. The summed E-state index contributed by atoms with van der Waals surface area (Å²) in [6.07, 6.45) is 0. The number of fused-ring (bicyclic) bond motifs is 1. The van der Waals surface area contributed by atoms with Gasteiger partial charge in [0.25, 0.3) is 21.3 Å². The van der Waals surface area contributed by atoms with E-state index in [2.05, 4.69) is 4.72 Å². The van der Waals surface area contributed by atoms with Gasteiger partial charge in [0.1, 0.15) is 5.75 Å². The summed E-state index contributed by atoms with van der Waals surface area (Å²) >= 11 is 0. The molecule has 10 heteroatoms. The van der Waals surface area contributed by atoms with Crippen molar-refractivity contribution in [1.82, 2.24) is 4.57 Å². The summed E-state index contributed by atoms with van der Waals surface area (Å²) in [6.45, 7) is 1.67. The second-order valence-corrected chi connectivity index (χ2v) is 7.84. The van der Waals surface area contributed by atoms with Gasteiger partial charge in [0.2, 0.25) is 0 Å². The summed E-state index contributed by atoms with van der Waals surface area (Å²) in [7, 11) is -0.998. The summed E-state index contributed by atoms with van der Waals surface area (Å²) < 4.78 is 34.5. The lowest BCUT2D eigenvalue weighted by molar-refractivity contribution is -0.384. The summed E-state index contributed by atoms with van der Waals surface area (Å²) in [4.78, 5) is 22.1. The topological polar surface area (TPSA) is 121 Å². The van der Waals surface area contributed by atoms with E-state index in [0.29, 0.717) is 16.5 Å². The van der Waals surface area contributed by atoms with Crippen LogP contribution >= 0.6 is 0 Å². The number of ether oxygens (including phenoxy) is 1. The highest BCUT2D eigenvalue weighted by Crippen LogP contribution is 2.32. The fourth-order valence-corrected chi connectivity index (χ4v) is 3.92. The van der Waals surface area contributed by atoms with Crippen molar-refractivity contribution in [1.29, 1.82) is 0 Å². The Hall–Kier alpha value is -3.40. The van der Waals surface area contributed by atoms with Crippen molar-refractivity contribution in [3.63, 3.8) is 0 Å². The maximum Gasteiger partial charge on any atom is 0.269 e. The summed E-state index contributed by atoms with van der Waals surface area (Å²) in [5.41, 5.74) is 0.925. The number of aromatic nitrogens is 1. The molecule has 146 valence electrons. The van der Waals surface area contributed by atoms with Crippen LogP contribution in [0, 0.1) is 17.0 Å². The van der Waals surface area contributed by atoms with Crippen molar-refractivity contribution in [3.05, 3.63) is 68.5 Å². The minimum Gasteiger partial charge on any atom is -0.494 e. The number of aryl methyl sites for hydroxylation is 2. The van der Waals surface area contributed by atoms with E-state index < -0.39 is 14.9 Å². The first-order valence-electron chi connectivity index (χ1n) is 8.09. The normalized spacial score (nSPS) is 11.4. The second-order valence-electron chi connectivity index (χ2n) is 6.16. The zero-order valence-electron chi connectivity index (χ0n) is 15.3. The monoisotopic (exact) mass is 403 g/mol. The van der Waals surface area contributed by atoms with Crippen LogP contribution in [-0.2, 0) is 17.1 Å². The Morgan fingerprint density at radius 2 is 1.79 bits per heavy atom. The Balaban J connectivity index is 2.08. The quantitative estimate of drug-likeness (QED) is 0.516. The van der Waals surface area contributed by atoms with E-state index in [1.807, 2.05) is 0 Å². The molecule has 0 bridgehead atoms. The number of hydrogen-bond donors (Lipinski definition) is 1. The van der Waals surface area contributed by atoms with Crippen LogP contribution in [0.15, 0.2) is 52.2 Å². The van der Waals surface area contributed by atoms with Gasteiger partial charge in [-0.25, -0.2) is 8.42 Å². The molecule has 3 aromatic rings. The number of methoxy groups -OCH3 is 1. The van der Waals surface area contributed by atoms with Gasteiger partial charge in [-0.2, -0.15) is 0 Å². The maximum atomic E-state index is 12.7. The minimum absolute atomic E-state index is 0.128. The molecule has 0 radical (unpaired) electrons. The molecule has 1 aromatic heterocycles. The number of non-ortho nitro benzene ring substituents is 1. The van der Waals surface area contributed by atoms with Crippen molar-refractivity contribution in [3.8, 4) is 5.75 Å². The average Bonchev–Trinajstić information content (AvgIpc) is 2.65. The number of sulfonamides is 1. The number of nitrogens with one attached hydrogen (secondary N) is 1. The van der Waals surface area contributed by atoms with E-state index in [0.717, 1.165) is 24.3 Å². The van der Waals surface area contributed by atoms with Crippen LogP contribution in [0.1, 0.15) is 5.56 Å². The van der Waals surface area contributed by atoms with Gasteiger partial charge in [-0.05, 0) is 31.2 Å². The lowest BCUT2D eigenvalue weighted by Crippen LogP contribution is -2.19. The predicted octanol–water partition coefficient (Wildman–Crippen LogP) is 2.56. The average molecular weight is 403 g/mol. The summed E-state index contributed by atoms with van der Waals surface area (Å²) in [5, 5.41) is 11.4. The predicted molar refractivity (Wildman–Crippen MR) is 104 cm³/mol. The number of nitrogens with zero attached hydrogens (tertiary/aromatic N) is 2. The van der Waals surface area contributed by atoms with Gasteiger partial charge in [0, 0.05) is 36.2 Å². The van der Waals surface area contributed by atoms with Gasteiger partial charge in [-0.15, -0.1) is 0 Å². The van der Waals surface area contributed by atoms with Gasteiger partial charge in [-0.1, -0.05) is 0 Å². The number of nitro benzene ring substituents is 1. The molecule has 0 fully saturated rings. The molecule has 0 aliphatic carbocycles. The Bertz CT molecular complexity index is 1250. The largest absolute Gasteiger partial charge is 0.494 e. The molecule has 9 nitrogen and oxygen atoms in total. The third-order valence-corrected chi connectivity index (χ3v) is 5.71. The molecule has 0 saturated carbocycles. The molecular formula is C18H17N3O6S.